The van der Waals surface area contributed by atoms with E-state index in [9.17, 15) is 13.2 Å². The SMILES string of the molecule is O=C(O)CCNS(=O)(=O)c1cncc(I)c1. The second-order valence-corrected chi connectivity index (χ2v) is 5.89. The number of aromatic nitrogens is 1. The molecule has 0 fully saturated rings. The van der Waals surface area contributed by atoms with Gasteiger partial charge in [0.25, 0.3) is 0 Å². The zero-order valence-electron chi connectivity index (χ0n) is 8.05. The smallest absolute Gasteiger partial charge is 0.304 e. The third-order valence-electron chi connectivity index (χ3n) is 1.62. The average Bonchev–Trinajstić information content (AvgIpc) is 2.16. The third kappa shape index (κ3) is 4.02. The number of carbonyl (C=O) groups is 1. The third-order valence-corrected chi connectivity index (χ3v) is 3.64. The molecule has 6 nitrogen and oxygen atoms in total. The van der Waals surface area contributed by atoms with E-state index in [1.165, 1.54) is 18.5 Å². The Hall–Kier alpha value is -0.740. The first-order valence-corrected chi connectivity index (χ1v) is 6.80. The molecule has 0 bridgehead atoms. The maximum absolute atomic E-state index is 11.6. The van der Waals surface area contributed by atoms with Crippen LogP contribution < -0.4 is 4.72 Å². The summed E-state index contributed by atoms with van der Waals surface area (Å²) in [6, 6.07) is 1.46. The Kier molecular flexibility index (Phi) is 4.62. The molecule has 0 unspecified atom stereocenters. The average molecular weight is 356 g/mol. The summed E-state index contributed by atoms with van der Waals surface area (Å²) in [4.78, 5) is 14.0. The van der Waals surface area contributed by atoms with Crippen LogP contribution in [0, 0.1) is 3.57 Å². The van der Waals surface area contributed by atoms with Gasteiger partial charge in [-0.1, -0.05) is 0 Å². The second-order valence-electron chi connectivity index (χ2n) is 2.88. The maximum atomic E-state index is 11.6. The van der Waals surface area contributed by atoms with Gasteiger partial charge >= 0.3 is 5.97 Å². The lowest BCUT2D eigenvalue weighted by Gasteiger charge is -2.04. The number of aliphatic carboxylic acids is 1. The van der Waals surface area contributed by atoms with Gasteiger partial charge in [-0.25, -0.2) is 13.1 Å². The molecule has 0 aliphatic carbocycles. The van der Waals surface area contributed by atoms with E-state index in [-0.39, 0.29) is 17.9 Å². The fourth-order valence-corrected chi connectivity index (χ4v) is 2.64. The zero-order valence-corrected chi connectivity index (χ0v) is 11.0. The van der Waals surface area contributed by atoms with Crippen molar-refractivity contribution in [2.45, 2.75) is 11.3 Å². The molecular formula is C8H9IN2O4S. The molecule has 1 rings (SSSR count). The van der Waals surface area contributed by atoms with E-state index < -0.39 is 16.0 Å². The minimum Gasteiger partial charge on any atom is -0.481 e. The number of carboxylic acids is 1. The van der Waals surface area contributed by atoms with E-state index in [0.29, 0.717) is 3.57 Å². The van der Waals surface area contributed by atoms with Gasteiger partial charge in [-0.05, 0) is 28.7 Å². The Morgan fingerprint density at radius 2 is 2.19 bits per heavy atom. The number of carboxylic acid groups (broad SMARTS) is 1. The van der Waals surface area contributed by atoms with Gasteiger partial charge in [0.05, 0.1) is 6.42 Å². The molecule has 1 aromatic heterocycles. The van der Waals surface area contributed by atoms with E-state index in [0.717, 1.165) is 0 Å². The Morgan fingerprint density at radius 3 is 2.75 bits per heavy atom. The predicted octanol–water partition coefficient (Wildman–Crippen LogP) is 0.439. The summed E-state index contributed by atoms with van der Waals surface area (Å²) >= 11 is 1.94. The van der Waals surface area contributed by atoms with Gasteiger partial charge in [-0.3, -0.25) is 9.78 Å². The van der Waals surface area contributed by atoms with E-state index in [2.05, 4.69) is 9.71 Å². The van der Waals surface area contributed by atoms with Crippen molar-refractivity contribution >= 4 is 38.6 Å². The molecule has 0 atom stereocenters. The van der Waals surface area contributed by atoms with Crippen molar-refractivity contribution in [2.75, 3.05) is 6.54 Å². The van der Waals surface area contributed by atoms with Gasteiger partial charge in [0.15, 0.2) is 0 Å². The highest BCUT2D eigenvalue weighted by Gasteiger charge is 2.14. The van der Waals surface area contributed by atoms with Crippen LogP contribution in [0.15, 0.2) is 23.4 Å². The van der Waals surface area contributed by atoms with Crippen LogP contribution in [-0.2, 0) is 14.8 Å². The number of nitrogens with zero attached hydrogens (tertiary/aromatic N) is 1. The van der Waals surface area contributed by atoms with Crippen molar-refractivity contribution in [3.8, 4) is 0 Å². The van der Waals surface area contributed by atoms with Crippen molar-refractivity contribution < 1.29 is 18.3 Å². The van der Waals surface area contributed by atoms with Gasteiger partial charge < -0.3 is 5.11 Å². The van der Waals surface area contributed by atoms with Crippen LogP contribution in [-0.4, -0.2) is 31.0 Å². The van der Waals surface area contributed by atoms with E-state index >= 15 is 0 Å². The molecule has 2 N–H and O–H groups in total. The van der Waals surface area contributed by atoms with Crippen molar-refractivity contribution in [3.05, 3.63) is 22.0 Å². The Balaban J connectivity index is 2.74. The fourth-order valence-electron chi connectivity index (χ4n) is 0.915. The quantitative estimate of drug-likeness (QED) is 0.747. The molecule has 0 aliphatic rings. The van der Waals surface area contributed by atoms with Crippen LogP contribution in [0.3, 0.4) is 0 Å². The minimum atomic E-state index is -3.66. The molecule has 0 saturated heterocycles. The van der Waals surface area contributed by atoms with Gasteiger partial charge in [-0.15, -0.1) is 0 Å². The molecule has 0 aromatic carbocycles. The number of pyridine rings is 1. The van der Waals surface area contributed by atoms with Gasteiger partial charge in [0.1, 0.15) is 4.90 Å². The summed E-state index contributed by atoms with van der Waals surface area (Å²) in [6.07, 6.45) is 2.48. The standard InChI is InChI=1S/C8H9IN2O4S/c9-6-3-7(5-10-4-6)16(14,15)11-2-1-8(12)13/h3-5,11H,1-2H2,(H,12,13). The number of nitrogens with one attached hydrogen (secondary N) is 1. The van der Waals surface area contributed by atoms with Crippen molar-refractivity contribution in [1.82, 2.24) is 9.71 Å². The van der Waals surface area contributed by atoms with Crippen LogP contribution in [0.1, 0.15) is 6.42 Å². The minimum absolute atomic E-state index is 0.0322. The zero-order chi connectivity index (χ0) is 12.2. The topological polar surface area (TPSA) is 96.4 Å². The number of hydrogen-bond acceptors (Lipinski definition) is 4. The molecule has 0 amide bonds. The molecule has 1 heterocycles. The summed E-state index contributed by atoms with van der Waals surface area (Å²) in [5.74, 6) is -1.05. The largest absolute Gasteiger partial charge is 0.481 e. The Bertz CT molecular complexity index is 489. The highest BCUT2D eigenvalue weighted by atomic mass is 127. The van der Waals surface area contributed by atoms with Crippen LogP contribution in [0.2, 0.25) is 0 Å². The Labute approximate surface area is 106 Å². The predicted molar refractivity (Wildman–Crippen MR) is 64.4 cm³/mol. The lowest BCUT2D eigenvalue weighted by molar-refractivity contribution is -0.136. The van der Waals surface area contributed by atoms with Crippen molar-refractivity contribution in [3.63, 3.8) is 0 Å². The summed E-state index contributed by atoms with van der Waals surface area (Å²) in [7, 11) is -3.66. The molecule has 0 radical (unpaired) electrons. The first-order chi connectivity index (χ1) is 7.42. The van der Waals surface area contributed by atoms with Crippen molar-refractivity contribution in [2.24, 2.45) is 0 Å². The lowest BCUT2D eigenvalue weighted by Crippen LogP contribution is -2.26. The molecule has 88 valence electrons. The summed E-state index contributed by atoms with van der Waals surface area (Å²) in [5.41, 5.74) is 0. The van der Waals surface area contributed by atoms with Crippen molar-refractivity contribution in [1.29, 1.82) is 0 Å². The van der Waals surface area contributed by atoms with E-state index in [1.54, 1.807) is 0 Å². The Morgan fingerprint density at radius 1 is 1.50 bits per heavy atom. The molecule has 16 heavy (non-hydrogen) atoms. The van der Waals surface area contributed by atoms with Crippen LogP contribution >= 0.6 is 22.6 Å². The van der Waals surface area contributed by atoms with E-state index in [4.69, 9.17) is 5.11 Å². The molecule has 8 heteroatoms. The molecule has 0 aliphatic heterocycles. The van der Waals surface area contributed by atoms with Crippen LogP contribution in [0.25, 0.3) is 0 Å². The van der Waals surface area contributed by atoms with Gasteiger partial charge in [-0.2, -0.15) is 0 Å². The number of rotatable bonds is 5. The summed E-state index contributed by atoms with van der Waals surface area (Å²) < 4.78 is 26.1. The van der Waals surface area contributed by atoms with E-state index in [1.807, 2.05) is 22.6 Å². The van der Waals surface area contributed by atoms with Crippen LogP contribution in [0.5, 0.6) is 0 Å². The number of halogens is 1. The summed E-state index contributed by atoms with van der Waals surface area (Å²) in [5, 5.41) is 8.38. The highest BCUT2D eigenvalue weighted by molar-refractivity contribution is 14.1. The fraction of sp³-hybridized carbons (Fsp3) is 0.250. The monoisotopic (exact) mass is 356 g/mol. The molecule has 0 saturated carbocycles. The van der Waals surface area contributed by atoms with Gasteiger partial charge in [0.2, 0.25) is 10.0 Å². The maximum Gasteiger partial charge on any atom is 0.304 e. The molecular weight excluding hydrogens is 347 g/mol. The lowest BCUT2D eigenvalue weighted by atomic mass is 10.5. The number of sulfonamides is 1. The summed E-state index contributed by atoms with van der Waals surface area (Å²) in [6.45, 7) is -0.136. The molecule has 0 spiro atoms. The first-order valence-electron chi connectivity index (χ1n) is 4.24. The second kappa shape index (κ2) is 5.55. The van der Waals surface area contributed by atoms with Gasteiger partial charge in [0, 0.05) is 22.5 Å². The van der Waals surface area contributed by atoms with Crippen LogP contribution in [0.4, 0.5) is 0 Å². The molecule has 1 aromatic rings. The number of hydrogen-bond donors (Lipinski definition) is 2. The normalized spacial score (nSPS) is 11.3. The highest BCUT2D eigenvalue weighted by Crippen LogP contribution is 2.10. The first kappa shape index (κ1) is 13.3.